The van der Waals surface area contributed by atoms with Crippen molar-refractivity contribution in [3.05, 3.63) is 42.1 Å². The van der Waals surface area contributed by atoms with E-state index < -0.39 is 0 Å². The Hall–Kier alpha value is -1.06. The average Bonchev–Trinajstić information content (AvgIpc) is 2.53. The molecular weight excluding hydrogens is 264 g/mol. The zero-order valence-electron chi connectivity index (χ0n) is 12.0. The molecule has 0 bridgehead atoms. The van der Waals surface area contributed by atoms with Crippen LogP contribution < -0.4 is 5.32 Å². The zero-order valence-corrected chi connectivity index (χ0v) is 12.8. The number of hydrogen-bond donors (Lipinski definition) is 1. The minimum Gasteiger partial charge on any atom is -0.313 e. The molecule has 1 aliphatic heterocycles. The largest absolute Gasteiger partial charge is 0.313 e. The van der Waals surface area contributed by atoms with Gasteiger partial charge in [0.2, 0.25) is 0 Å². The maximum absolute atomic E-state index is 4.47. The Bertz CT molecular complexity index is 564. The summed E-state index contributed by atoms with van der Waals surface area (Å²) >= 11 is 2.10. The van der Waals surface area contributed by atoms with Gasteiger partial charge < -0.3 is 5.32 Å². The van der Waals surface area contributed by atoms with Gasteiger partial charge in [-0.05, 0) is 61.4 Å². The summed E-state index contributed by atoms with van der Waals surface area (Å²) in [5, 5.41) is 4.72. The number of thioether (sulfide) groups is 1. The molecule has 1 fully saturated rings. The quantitative estimate of drug-likeness (QED) is 0.918. The molecule has 2 nitrogen and oxygen atoms in total. The molecule has 1 unspecified atom stereocenters. The lowest BCUT2D eigenvalue weighted by Gasteiger charge is -2.26. The maximum atomic E-state index is 4.47. The maximum Gasteiger partial charge on any atom is 0.0705 e. The van der Waals surface area contributed by atoms with E-state index in [0.717, 1.165) is 11.4 Å². The fraction of sp³-hybridized carbons (Fsp3) is 0.471. The highest BCUT2D eigenvalue weighted by atomic mass is 32.2. The highest BCUT2D eigenvalue weighted by Crippen LogP contribution is 2.31. The molecule has 0 radical (unpaired) electrons. The first-order valence-electron chi connectivity index (χ1n) is 7.46. The molecule has 0 amide bonds. The van der Waals surface area contributed by atoms with Crippen LogP contribution in [0.5, 0.6) is 0 Å². The van der Waals surface area contributed by atoms with Gasteiger partial charge in [-0.3, -0.25) is 4.98 Å². The van der Waals surface area contributed by atoms with E-state index in [1.807, 2.05) is 12.3 Å². The molecule has 1 aliphatic rings. The number of rotatable bonds is 4. The molecule has 1 aromatic carbocycles. The first-order chi connectivity index (χ1) is 9.86. The summed E-state index contributed by atoms with van der Waals surface area (Å²) < 4.78 is 0. The number of fused-ring (bicyclic) bond motifs is 1. The zero-order chi connectivity index (χ0) is 13.8. The van der Waals surface area contributed by atoms with Crippen molar-refractivity contribution < 1.29 is 0 Å². The lowest BCUT2D eigenvalue weighted by molar-refractivity contribution is 0.384. The van der Waals surface area contributed by atoms with Crippen molar-refractivity contribution in [1.29, 1.82) is 0 Å². The van der Waals surface area contributed by atoms with Gasteiger partial charge in [0, 0.05) is 17.6 Å². The number of nitrogens with one attached hydrogen (secondary N) is 1. The molecule has 106 valence electrons. The number of hydrogen-bond acceptors (Lipinski definition) is 3. The van der Waals surface area contributed by atoms with Crippen molar-refractivity contribution in [3.8, 4) is 0 Å². The molecule has 1 atom stereocenters. The SMILES string of the molecule is CNC(CC1CCSCC1)c1ccc2cccnc2c1. The smallest absolute Gasteiger partial charge is 0.0705 e. The second-order valence-corrected chi connectivity index (χ2v) is 6.81. The molecule has 1 aromatic heterocycles. The van der Waals surface area contributed by atoms with Crippen LogP contribution >= 0.6 is 11.8 Å². The van der Waals surface area contributed by atoms with Gasteiger partial charge in [0.05, 0.1) is 5.52 Å². The van der Waals surface area contributed by atoms with Crippen LogP contribution in [0.3, 0.4) is 0 Å². The second-order valence-electron chi connectivity index (χ2n) is 5.59. The summed E-state index contributed by atoms with van der Waals surface area (Å²) in [5.74, 6) is 3.54. The highest BCUT2D eigenvalue weighted by Gasteiger charge is 2.19. The molecule has 0 saturated carbocycles. The van der Waals surface area contributed by atoms with Gasteiger partial charge in [0.15, 0.2) is 0 Å². The summed E-state index contributed by atoms with van der Waals surface area (Å²) in [4.78, 5) is 4.47. The van der Waals surface area contributed by atoms with Crippen molar-refractivity contribution in [2.75, 3.05) is 18.6 Å². The molecule has 0 spiro atoms. The average molecular weight is 286 g/mol. The van der Waals surface area contributed by atoms with Crippen LogP contribution in [-0.4, -0.2) is 23.5 Å². The van der Waals surface area contributed by atoms with Gasteiger partial charge in [0.1, 0.15) is 0 Å². The highest BCUT2D eigenvalue weighted by molar-refractivity contribution is 7.99. The summed E-state index contributed by atoms with van der Waals surface area (Å²) in [5.41, 5.74) is 2.47. The lowest BCUT2D eigenvalue weighted by Crippen LogP contribution is -2.22. The number of nitrogens with zero attached hydrogens (tertiary/aromatic N) is 1. The van der Waals surface area contributed by atoms with Crippen LogP contribution in [0.15, 0.2) is 36.5 Å². The van der Waals surface area contributed by atoms with Gasteiger partial charge in [-0.25, -0.2) is 0 Å². The number of pyridine rings is 1. The van der Waals surface area contributed by atoms with Crippen LogP contribution in [0.2, 0.25) is 0 Å². The Balaban J connectivity index is 1.79. The van der Waals surface area contributed by atoms with Crippen molar-refractivity contribution in [1.82, 2.24) is 10.3 Å². The summed E-state index contributed by atoms with van der Waals surface area (Å²) in [6, 6.07) is 11.3. The van der Waals surface area contributed by atoms with E-state index in [2.05, 4.69) is 53.4 Å². The van der Waals surface area contributed by atoms with Crippen LogP contribution in [-0.2, 0) is 0 Å². The van der Waals surface area contributed by atoms with E-state index in [4.69, 9.17) is 0 Å². The van der Waals surface area contributed by atoms with Crippen molar-refractivity contribution >= 4 is 22.7 Å². The van der Waals surface area contributed by atoms with E-state index in [9.17, 15) is 0 Å². The van der Waals surface area contributed by atoms with E-state index >= 15 is 0 Å². The van der Waals surface area contributed by atoms with Crippen LogP contribution in [0.25, 0.3) is 10.9 Å². The third-order valence-corrected chi connectivity index (χ3v) is 5.34. The molecule has 0 aliphatic carbocycles. The molecule has 2 heterocycles. The normalized spacial score (nSPS) is 18.2. The summed E-state index contributed by atoms with van der Waals surface area (Å²) in [6.07, 6.45) is 5.86. The Morgan fingerprint density at radius 1 is 1.30 bits per heavy atom. The van der Waals surface area contributed by atoms with Gasteiger partial charge in [-0.1, -0.05) is 18.2 Å². The third kappa shape index (κ3) is 3.15. The number of benzene rings is 1. The van der Waals surface area contributed by atoms with E-state index in [1.165, 1.54) is 41.7 Å². The molecule has 2 aromatic rings. The number of aromatic nitrogens is 1. The van der Waals surface area contributed by atoms with Crippen molar-refractivity contribution in [2.24, 2.45) is 5.92 Å². The van der Waals surface area contributed by atoms with Gasteiger partial charge in [-0.15, -0.1) is 0 Å². The fourth-order valence-electron chi connectivity index (χ4n) is 3.04. The van der Waals surface area contributed by atoms with E-state index in [0.29, 0.717) is 6.04 Å². The minimum atomic E-state index is 0.453. The molecule has 3 rings (SSSR count). The third-order valence-electron chi connectivity index (χ3n) is 4.29. The predicted molar refractivity (Wildman–Crippen MR) is 88.2 cm³/mol. The lowest BCUT2D eigenvalue weighted by atomic mass is 9.90. The Morgan fingerprint density at radius 2 is 2.15 bits per heavy atom. The van der Waals surface area contributed by atoms with Gasteiger partial charge in [0.25, 0.3) is 0 Å². The summed E-state index contributed by atoms with van der Waals surface area (Å²) in [7, 11) is 2.07. The fourth-order valence-corrected chi connectivity index (χ4v) is 4.24. The predicted octanol–water partition coefficient (Wildman–Crippen LogP) is 4.03. The molecule has 1 saturated heterocycles. The standard InChI is InChI=1S/C17H22N2S/c1-18-16(11-13-6-9-20-10-7-13)15-5-4-14-3-2-8-19-17(14)12-15/h2-5,8,12-13,16,18H,6-7,9-11H2,1H3. The second kappa shape index (κ2) is 6.59. The van der Waals surface area contributed by atoms with Gasteiger partial charge in [-0.2, -0.15) is 11.8 Å². The Kier molecular flexibility index (Phi) is 4.58. The van der Waals surface area contributed by atoms with Crippen LogP contribution in [0, 0.1) is 5.92 Å². The van der Waals surface area contributed by atoms with Crippen LogP contribution in [0.4, 0.5) is 0 Å². The first-order valence-corrected chi connectivity index (χ1v) is 8.62. The molecular formula is C17H22N2S. The van der Waals surface area contributed by atoms with Crippen LogP contribution in [0.1, 0.15) is 30.9 Å². The molecule has 1 N–H and O–H groups in total. The molecule has 20 heavy (non-hydrogen) atoms. The van der Waals surface area contributed by atoms with Crippen molar-refractivity contribution in [2.45, 2.75) is 25.3 Å². The van der Waals surface area contributed by atoms with E-state index in [1.54, 1.807) is 0 Å². The minimum absolute atomic E-state index is 0.453. The Morgan fingerprint density at radius 3 is 2.95 bits per heavy atom. The summed E-state index contributed by atoms with van der Waals surface area (Å²) in [6.45, 7) is 0. The first kappa shape index (κ1) is 13.9. The van der Waals surface area contributed by atoms with E-state index in [-0.39, 0.29) is 0 Å². The van der Waals surface area contributed by atoms with Crippen molar-refractivity contribution in [3.63, 3.8) is 0 Å². The monoisotopic (exact) mass is 286 g/mol. The van der Waals surface area contributed by atoms with Gasteiger partial charge >= 0.3 is 0 Å². The topological polar surface area (TPSA) is 24.9 Å². The molecule has 3 heteroatoms. The Labute approximate surface area is 125 Å².